The highest BCUT2D eigenvalue weighted by atomic mass is 79.9. The first-order valence-corrected chi connectivity index (χ1v) is 7.05. The zero-order valence-electron chi connectivity index (χ0n) is 10.8. The van der Waals surface area contributed by atoms with E-state index in [2.05, 4.69) is 21.2 Å². The second-order valence-corrected chi connectivity index (χ2v) is 5.45. The van der Waals surface area contributed by atoms with Crippen LogP contribution in [0.4, 0.5) is 13.2 Å². The van der Waals surface area contributed by atoms with Crippen molar-refractivity contribution in [1.82, 2.24) is 10.2 Å². The highest BCUT2D eigenvalue weighted by molar-refractivity contribution is 9.10. The molecule has 1 fully saturated rings. The van der Waals surface area contributed by atoms with E-state index in [0.29, 0.717) is 23.1 Å². The lowest BCUT2D eigenvalue weighted by Gasteiger charge is -2.35. The van der Waals surface area contributed by atoms with Crippen molar-refractivity contribution >= 4 is 28.3 Å². The summed E-state index contributed by atoms with van der Waals surface area (Å²) in [5.74, 6) is -0.396. The lowest BCUT2D eigenvalue weighted by atomic mass is 10.0. The molecule has 1 aliphatic heterocycles. The molecule has 0 spiro atoms. The molecule has 1 saturated heterocycles. The number of alkyl halides is 2. The first-order chi connectivity index (χ1) is 9.08. The summed E-state index contributed by atoms with van der Waals surface area (Å²) in [6.45, 7) is 2.93. The van der Waals surface area contributed by atoms with Crippen molar-refractivity contribution in [3.05, 3.63) is 34.1 Å². The van der Waals surface area contributed by atoms with Crippen molar-refractivity contribution in [3.63, 3.8) is 0 Å². The van der Waals surface area contributed by atoms with Gasteiger partial charge in [0.05, 0.1) is 0 Å². The Bertz CT molecular complexity index is 428. The van der Waals surface area contributed by atoms with E-state index in [1.54, 1.807) is 6.07 Å². The molecule has 0 amide bonds. The highest BCUT2D eigenvalue weighted by Crippen LogP contribution is 2.33. The molecule has 1 aromatic carbocycles. The van der Waals surface area contributed by atoms with Crippen molar-refractivity contribution in [2.45, 2.75) is 18.9 Å². The van der Waals surface area contributed by atoms with Crippen LogP contribution >= 0.6 is 28.3 Å². The summed E-state index contributed by atoms with van der Waals surface area (Å²) < 4.78 is 39.7. The van der Waals surface area contributed by atoms with Crippen LogP contribution in [0.15, 0.2) is 22.7 Å². The molecule has 0 aromatic heterocycles. The van der Waals surface area contributed by atoms with Gasteiger partial charge in [-0.05, 0) is 23.8 Å². The van der Waals surface area contributed by atoms with E-state index in [0.717, 1.165) is 13.1 Å². The highest BCUT2D eigenvalue weighted by Gasteiger charge is 2.27. The Balaban J connectivity index is 0.00000200. The zero-order chi connectivity index (χ0) is 13.8. The van der Waals surface area contributed by atoms with Crippen molar-refractivity contribution in [3.8, 4) is 0 Å². The van der Waals surface area contributed by atoms with Gasteiger partial charge in [-0.2, -0.15) is 0 Å². The van der Waals surface area contributed by atoms with E-state index in [1.807, 2.05) is 4.90 Å². The summed E-state index contributed by atoms with van der Waals surface area (Å²) >= 11 is 3.33. The lowest BCUT2D eigenvalue weighted by Crippen LogP contribution is -2.45. The van der Waals surface area contributed by atoms with Crippen LogP contribution < -0.4 is 5.32 Å². The largest absolute Gasteiger partial charge is 0.314 e. The third-order valence-electron chi connectivity index (χ3n) is 3.31. The van der Waals surface area contributed by atoms with E-state index < -0.39 is 18.3 Å². The average molecular weight is 374 g/mol. The van der Waals surface area contributed by atoms with Crippen LogP contribution in [0.2, 0.25) is 0 Å². The van der Waals surface area contributed by atoms with E-state index in [9.17, 15) is 13.2 Å². The van der Waals surface area contributed by atoms with Gasteiger partial charge < -0.3 is 5.32 Å². The van der Waals surface area contributed by atoms with Crippen LogP contribution in [0.5, 0.6) is 0 Å². The first-order valence-electron chi connectivity index (χ1n) is 6.26. The molecule has 2 rings (SSSR count). The SMILES string of the molecule is Cl.Fc1ccc(Br)c([C@H](CC(F)F)N2CCNCC2)c1. The van der Waals surface area contributed by atoms with E-state index in [1.165, 1.54) is 12.1 Å². The fraction of sp³-hybridized carbons (Fsp3) is 0.538. The molecule has 1 heterocycles. The van der Waals surface area contributed by atoms with Gasteiger partial charge in [0.2, 0.25) is 6.43 Å². The monoisotopic (exact) mass is 372 g/mol. The zero-order valence-corrected chi connectivity index (χ0v) is 13.2. The lowest BCUT2D eigenvalue weighted by molar-refractivity contribution is 0.0735. The van der Waals surface area contributed by atoms with Gasteiger partial charge in [0.1, 0.15) is 5.82 Å². The molecule has 20 heavy (non-hydrogen) atoms. The van der Waals surface area contributed by atoms with E-state index >= 15 is 0 Å². The molecule has 0 radical (unpaired) electrons. The first kappa shape index (κ1) is 17.8. The molecule has 0 aliphatic carbocycles. The van der Waals surface area contributed by atoms with Gasteiger partial charge in [-0.25, -0.2) is 13.2 Å². The predicted molar refractivity (Wildman–Crippen MR) is 79.2 cm³/mol. The van der Waals surface area contributed by atoms with Crippen LogP contribution in [0.1, 0.15) is 18.0 Å². The Morgan fingerprint density at radius 2 is 1.90 bits per heavy atom. The molecule has 1 atom stereocenters. The number of benzene rings is 1. The normalized spacial score (nSPS) is 17.9. The van der Waals surface area contributed by atoms with Gasteiger partial charge >= 0.3 is 0 Å². The standard InChI is InChI=1S/C13H16BrF3N2.ClH/c14-11-2-1-9(15)7-10(11)12(8-13(16)17)19-5-3-18-4-6-19;/h1-2,7,12-13,18H,3-6,8H2;1H/t12-;/m0./s1. The Hall–Kier alpha value is -0.300. The Kier molecular flexibility index (Phi) is 7.29. The molecule has 114 valence electrons. The third-order valence-corrected chi connectivity index (χ3v) is 4.03. The fourth-order valence-corrected chi connectivity index (χ4v) is 2.92. The summed E-state index contributed by atoms with van der Waals surface area (Å²) in [4.78, 5) is 1.99. The van der Waals surface area contributed by atoms with Crippen LogP contribution in [0.3, 0.4) is 0 Å². The van der Waals surface area contributed by atoms with E-state index in [-0.39, 0.29) is 18.8 Å². The number of nitrogens with one attached hydrogen (secondary N) is 1. The molecule has 1 N–H and O–H groups in total. The van der Waals surface area contributed by atoms with Crippen molar-refractivity contribution in [2.24, 2.45) is 0 Å². The molecule has 0 bridgehead atoms. The molecule has 0 unspecified atom stereocenters. The number of nitrogens with zero attached hydrogens (tertiary/aromatic N) is 1. The maximum Gasteiger partial charge on any atom is 0.240 e. The van der Waals surface area contributed by atoms with Crippen molar-refractivity contribution in [2.75, 3.05) is 26.2 Å². The van der Waals surface area contributed by atoms with Gasteiger partial charge in [0.25, 0.3) is 0 Å². The Morgan fingerprint density at radius 3 is 2.50 bits per heavy atom. The van der Waals surface area contributed by atoms with Crippen molar-refractivity contribution in [1.29, 1.82) is 0 Å². The Labute approximate surface area is 131 Å². The van der Waals surface area contributed by atoms with Gasteiger partial charge in [-0.3, -0.25) is 4.90 Å². The molecular formula is C13H17BrClF3N2. The molecular weight excluding hydrogens is 357 g/mol. The smallest absolute Gasteiger partial charge is 0.240 e. The molecule has 2 nitrogen and oxygen atoms in total. The van der Waals surface area contributed by atoms with Gasteiger partial charge in [0.15, 0.2) is 0 Å². The number of hydrogen-bond donors (Lipinski definition) is 1. The number of piperazine rings is 1. The quantitative estimate of drug-likeness (QED) is 0.867. The fourth-order valence-electron chi connectivity index (χ4n) is 2.41. The van der Waals surface area contributed by atoms with Crippen LogP contribution in [0.25, 0.3) is 0 Å². The van der Waals surface area contributed by atoms with Gasteiger partial charge in [-0.15, -0.1) is 12.4 Å². The number of hydrogen-bond acceptors (Lipinski definition) is 2. The minimum absolute atomic E-state index is 0. The maximum atomic E-state index is 13.4. The van der Waals surface area contributed by atoms with Crippen LogP contribution in [-0.2, 0) is 0 Å². The second-order valence-electron chi connectivity index (χ2n) is 4.59. The molecule has 0 saturated carbocycles. The van der Waals surface area contributed by atoms with Crippen LogP contribution in [-0.4, -0.2) is 37.5 Å². The molecule has 1 aliphatic rings. The number of rotatable bonds is 4. The minimum atomic E-state index is -2.41. The van der Waals surface area contributed by atoms with Gasteiger partial charge in [0, 0.05) is 43.1 Å². The summed E-state index contributed by atoms with van der Waals surface area (Å²) in [7, 11) is 0. The number of halogens is 5. The maximum absolute atomic E-state index is 13.4. The summed E-state index contributed by atoms with van der Waals surface area (Å²) in [6.07, 6.45) is -2.68. The minimum Gasteiger partial charge on any atom is -0.314 e. The van der Waals surface area contributed by atoms with Crippen molar-refractivity contribution < 1.29 is 13.2 Å². The summed E-state index contributed by atoms with van der Waals surface area (Å²) in [6, 6.07) is 3.79. The topological polar surface area (TPSA) is 15.3 Å². The summed E-state index contributed by atoms with van der Waals surface area (Å²) in [5, 5.41) is 3.19. The molecule has 7 heteroatoms. The van der Waals surface area contributed by atoms with Crippen LogP contribution in [0, 0.1) is 5.82 Å². The van der Waals surface area contributed by atoms with E-state index in [4.69, 9.17) is 0 Å². The second kappa shape index (κ2) is 8.22. The van der Waals surface area contributed by atoms with Gasteiger partial charge in [-0.1, -0.05) is 15.9 Å². The molecule has 1 aromatic rings. The Morgan fingerprint density at radius 1 is 1.25 bits per heavy atom. The third kappa shape index (κ3) is 4.62. The summed E-state index contributed by atoms with van der Waals surface area (Å²) in [5.41, 5.74) is 0.599. The average Bonchev–Trinajstić information content (AvgIpc) is 2.40. The predicted octanol–water partition coefficient (Wildman–Crippen LogP) is 3.61.